The van der Waals surface area contributed by atoms with Gasteiger partial charge >= 0.3 is 11.9 Å². The summed E-state index contributed by atoms with van der Waals surface area (Å²) < 4.78 is 0. The van der Waals surface area contributed by atoms with Gasteiger partial charge < -0.3 is 37.2 Å². The average Bonchev–Trinajstić information content (AvgIpc) is 3.12. The van der Waals surface area contributed by atoms with E-state index in [2.05, 4.69) is 10.6 Å². The molecule has 0 aliphatic carbocycles. The number of nitrogens with two attached hydrogens (primary N) is 2. The van der Waals surface area contributed by atoms with Crippen LogP contribution in [0.15, 0.2) is 0 Å². The number of primary amides is 1. The maximum atomic E-state index is 12.4. The summed E-state index contributed by atoms with van der Waals surface area (Å²) in [5, 5.41) is 22.1. The summed E-state index contributed by atoms with van der Waals surface area (Å²) in [6.45, 7) is -0.224. The Bertz CT molecular complexity index is 682. The van der Waals surface area contributed by atoms with Crippen molar-refractivity contribution in [2.24, 2.45) is 11.5 Å². The van der Waals surface area contributed by atoms with Gasteiger partial charge in [-0.2, -0.15) is 0 Å². The first kappa shape index (κ1) is 23.8. The molecule has 13 heteroatoms. The van der Waals surface area contributed by atoms with Gasteiger partial charge in [-0.1, -0.05) is 0 Å². The smallest absolute Gasteiger partial charge is 0.326 e. The maximum Gasteiger partial charge on any atom is 0.326 e. The van der Waals surface area contributed by atoms with Crippen LogP contribution >= 0.6 is 0 Å². The Balaban J connectivity index is 2.61. The molecule has 4 amide bonds. The van der Waals surface area contributed by atoms with Gasteiger partial charge in [0.15, 0.2) is 0 Å². The lowest BCUT2D eigenvalue weighted by Crippen LogP contribution is -2.53. The predicted molar refractivity (Wildman–Crippen MR) is 96.0 cm³/mol. The summed E-state index contributed by atoms with van der Waals surface area (Å²) in [6, 6.07) is -3.55. The molecule has 0 saturated carbocycles. The van der Waals surface area contributed by atoms with E-state index < -0.39 is 66.7 Å². The summed E-state index contributed by atoms with van der Waals surface area (Å²) in [5.74, 6) is -5.47. The molecule has 0 radical (unpaired) electrons. The maximum absolute atomic E-state index is 12.4. The number of carbonyl (C=O) groups excluding carboxylic acids is 4. The number of carboxylic acids is 2. The molecule has 0 spiro atoms. The molecule has 1 aliphatic heterocycles. The Morgan fingerprint density at radius 3 is 2.34 bits per heavy atom. The highest BCUT2D eigenvalue weighted by molar-refractivity contribution is 5.94. The third kappa shape index (κ3) is 7.73. The number of nitrogens with zero attached hydrogens (tertiary/aromatic N) is 1. The van der Waals surface area contributed by atoms with Gasteiger partial charge in [-0.25, -0.2) is 4.79 Å². The lowest BCUT2D eigenvalue weighted by Gasteiger charge is -2.25. The van der Waals surface area contributed by atoms with Crippen LogP contribution in [0.25, 0.3) is 0 Å². The number of aliphatic carboxylic acids is 2. The Labute approximate surface area is 165 Å². The van der Waals surface area contributed by atoms with Crippen LogP contribution in [0, 0.1) is 0 Å². The van der Waals surface area contributed by atoms with Gasteiger partial charge in [0.2, 0.25) is 23.6 Å². The van der Waals surface area contributed by atoms with E-state index in [0.29, 0.717) is 6.42 Å². The van der Waals surface area contributed by atoms with E-state index >= 15 is 0 Å². The van der Waals surface area contributed by atoms with E-state index in [0.717, 1.165) is 0 Å². The third-order valence-corrected chi connectivity index (χ3v) is 4.32. The highest BCUT2D eigenvalue weighted by atomic mass is 16.4. The fourth-order valence-corrected chi connectivity index (χ4v) is 2.81. The molecule has 3 unspecified atom stereocenters. The fraction of sp³-hybridized carbons (Fsp3) is 0.625. The zero-order valence-electron chi connectivity index (χ0n) is 15.6. The number of likely N-dealkylation sites (tertiary alicyclic amines) is 1. The molecule has 3 atom stereocenters. The SMILES string of the molecule is NC(=O)CC(NC(=O)C1CCCN1C(=O)CNC(=O)C(N)CCC(=O)O)C(=O)O. The molecule has 29 heavy (non-hydrogen) atoms. The first-order valence-electron chi connectivity index (χ1n) is 8.89. The van der Waals surface area contributed by atoms with Gasteiger partial charge in [-0.05, 0) is 19.3 Å². The number of carbonyl (C=O) groups is 6. The standard InChI is InChI=1S/C16H25N5O8/c17-8(3-4-13(24)25)14(26)19-7-12(23)21-5-1-2-10(21)15(27)20-9(16(28)29)6-11(18)22/h8-10H,1-7,17H2,(H2,18,22)(H,19,26)(H,20,27)(H,24,25)(H,28,29). The highest BCUT2D eigenvalue weighted by Gasteiger charge is 2.36. The van der Waals surface area contributed by atoms with E-state index in [1.165, 1.54) is 4.90 Å². The molecule has 0 aromatic heterocycles. The Morgan fingerprint density at radius 1 is 1.14 bits per heavy atom. The molecular weight excluding hydrogens is 390 g/mol. The van der Waals surface area contributed by atoms with Crippen LogP contribution in [-0.2, 0) is 28.8 Å². The van der Waals surface area contributed by atoms with Crippen molar-refractivity contribution in [3.8, 4) is 0 Å². The molecule has 1 fully saturated rings. The number of rotatable bonds is 11. The molecule has 8 N–H and O–H groups in total. The van der Waals surface area contributed by atoms with Gasteiger partial charge in [0.1, 0.15) is 12.1 Å². The molecule has 1 heterocycles. The van der Waals surface area contributed by atoms with Crippen LogP contribution in [0.2, 0.25) is 0 Å². The molecule has 13 nitrogen and oxygen atoms in total. The monoisotopic (exact) mass is 415 g/mol. The molecule has 1 rings (SSSR count). The van der Waals surface area contributed by atoms with Crippen molar-refractivity contribution in [1.29, 1.82) is 0 Å². The van der Waals surface area contributed by atoms with Crippen LogP contribution in [0.5, 0.6) is 0 Å². The minimum absolute atomic E-state index is 0.0967. The summed E-state index contributed by atoms with van der Waals surface area (Å²) in [6.07, 6.45) is -0.213. The summed E-state index contributed by atoms with van der Waals surface area (Å²) in [5.41, 5.74) is 10.5. The Morgan fingerprint density at radius 2 is 1.79 bits per heavy atom. The first-order chi connectivity index (χ1) is 13.5. The number of hydrogen-bond acceptors (Lipinski definition) is 7. The second-order valence-corrected chi connectivity index (χ2v) is 6.57. The van der Waals surface area contributed by atoms with E-state index in [-0.39, 0.29) is 25.8 Å². The molecule has 162 valence electrons. The second-order valence-electron chi connectivity index (χ2n) is 6.57. The predicted octanol–water partition coefficient (Wildman–Crippen LogP) is -3.27. The lowest BCUT2D eigenvalue weighted by molar-refractivity contribution is -0.145. The minimum atomic E-state index is -1.51. The summed E-state index contributed by atoms with van der Waals surface area (Å²) >= 11 is 0. The largest absolute Gasteiger partial charge is 0.481 e. The van der Waals surface area contributed by atoms with Crippen molar-refractivity contribution in [2.45, 2.75) is 50.2 Å². The average molecular weight is 415 g/mol. The Kier molecular flexibility index (Phi) is 8.99. The van der Waals surface area contributed by atoms with Gasteiger partial charge in [0, 0.05) is 13.0 Å². The molecule has 0 aromatic carbocycles. The quantitative estimate of drug-likeness (QED) is 0.199. The van der Waals surface area contributed by atoms with Crippen LogP contribution in [0.4, 0.5) is 0 Å². The molecule has 0 bridgehead atoms. The van der Waals surface area contributed by atoms with Crippen molar-refractivity contribution in [1.82, 2.24) is 15.5 Å². The van der Waals surface area contributed by atoms with Gasteiger partial charge in [0.25, 0.3) is 0 Å². The van der Waals surface area contributed by atoms with E-state index in [1.807, 2.05) is 0 Å². The van der Waals surface area contributed by atoms with Crippen molar-refractivity contribution in [3.05, 3.63) is 0 Å². The van der Waals surface area contributed by atoms with Crippen LogP contribution in [0.3, 0.4) is 0 Å². The number of carboxylic acid groups (broad SMARTS) is 2. The normalized spacial score (nSPS) is 17.8. The number of hydrogen-bond donors (Lipinski definition) is 6. The molecule has 1 aliphatic rings. The zero-order valence-corrected chi connectivity index (χ0v) is 15.6. The summed E-state index contributed by atoms with van der Waals surface area (Å²) in [4.78, 5) is 70.3. The van der Waals surface area contributed by atoms with E-state index in [1.54, 1.807) is 0 Å². The topological polar surface area (TPSA) is 222 Å². The minimum Gasteiger partial charge on any atom is -0.481 e. The molecular formula is C16H25N5O8. The lowest BCUT2D eigenvalue weighted by atomic mass is 10.1. The first-order valence-corrected chi connectivity index (χ1v) is 8.89. The van der Waals surface area contributed by atoms with Crippen LogP contribution < -0.4 is 22.1 Å². The van der Waals surface area contributed by atoms with Crippen molar-refractivity contribution in [3.63, 3.8) is 0 Å². The molecule has 1 saturated heterocycles. The summed E-state index contributed by atoms with van der Waals surface area (Å²) in [7, 11) is 0. The van der Waals surface area contributed by atoms with Gasteiger partial charge in [-0.15, -0.1) is 0 Å². The second kappa shape index (κ2) is 10.9. The van der Waals surface area contributed by atoms with Crippen molar-refractivity contribution in [2.75, 3.05) is 13.1 Å². The fourth-order valence-electron chi connectivity index (χ4n) is 2.81. The Hall–Kier alpha value is -3.22. The van der Waals surface area contributed by atoms with Gasteiger partial charge in [-0.3, -0.25) is 24.0 Å². The van der Waals surface area contributed by atoms with Gasteiger partial charge in [0.05, 0.1) is 19.0 Å². The van der Waals surface area contributed by atoms with Crippen molar-refractivity contribution >= 4 is 35.6 Å². The van der Waals surface area contributed by atoms with E-state index in [4.69, 9.17) is 21.7 Å². The van der Waals surface area contributed by atoms with Crippen LogP contribution in [-0.4, -0.2) is 81.9 Å². The van der Waals surface area contributed by atoms with Crippen LogP contribution in [0.1, 0.15) is 32.1 Å². The number of nitrogens with one attached hydrogen (secondary N) is 2. The molecule has 0 aromatic rings. The zero-order chi connectivity index (χ0) is 22.1. The number of amides is 4. The van der Waals surface area contributed by atoms with E-state index in [9.17, 15) is 28.8 Å². The highest BCUT2D eigenvalue weighted by Crippen LogP contribution is 2.17. The third-order valence-electron chi connectivity index (χ3n) is 4.32. The van der Waals surface area contributed by atoms with Crippen molar-refractivity contribution < 1.29 is 39.0 Å².